The molecule has 3 aromatic carbocycles. The van der Waals surface area contributed by atoms with E-state index >= 15 is 0 Å². The Morgan fingerprint density at radius 2 is 1.77 bits per heavy atom. The fourth-order valence-electron chi connectivity index (χ4n) is 5.99. The van der Waals surface area contributed by atoms with Crippen LogP contribution in [0.1, 0.15) is 41.4 Å². The van der Waals surface area contributed by atoms with Crippen molar-refractivity contribution in [3.05, 3.63) is 82.5 Å². The molecule has 9 heteroatoms. The highest BCUT2D eigenvalue weighted by Gasteiger charge is 2.36. The zero-order valence-electron chi connectivity index (χ0n) is 22.3. The van der Waals surface area contributed by atoms with Crippen molar-refractivity contribution in [2.24, 2.45) is 0 Å². The maximum Gasteiger partial charge on any atom is 0.175 e. The molecule has 3 heterocycles. The summed E-state index contributed by atoms with van der Waals surface area (Å²) < 4.78 is 43.0. The van der Waals surface area contributed by atoms with E-state index in [-0.39, 0.29) is 25.1 Å². The minimum Gasteiger partial charge on any atom is -0.497 e. The van der Waals surface area contributed by atoms with Gasteiger partial charge in [-0.2, -0.15) is 0 Å². The summed E-state index contributed by atoms with van der Waals surface area (Å²) in [5, 5.41) is 11.3. The van der Waals surface area contributed by atoms with Crippen molar-refractivity contribution in [1.82, 2.24) is 9.47 Å². The van der Waals surface area contributed by atoms with E-state index in [2.05, 4.69) is 23.1 Å². The lowest BCUT2D eigenvalue weighted by molar-refractivity contribution is 0.145. The van der Waals surface area contributed by atoms with Crippen molar-refractivity contribution < 1.29 is 27.7 Å². The van der Waals surface area contributed by atoms with Gasteiger partial charge in [0.25, 0.3) is 0 Å². The Labute approximate surface area is 235 Å². The second kappa shape index (κ2) is 10.8. The van der Waals surface area contributed by atoms with Gasteiger partial charge in [0, 0.05) is 36.5 Å². The van der Waals surface area contributed by atoms with Gasteiger partial charge in [0.2, 0.25) is 0 Å². The Bertz CT molecular complexity index is 1660. The molecule has 0 fully saturated rings. The van der Waals surface area contributed by atoms with Crippen LogP contribution in [0.3, 0.4) is 0 Å². The first kappa shape index (κ1) is 28.0. The summed E-state index contributed by atoms with van der Waals surface area (Å²) in [7, 11) is 0.0727. The summed E-state index contributed by atoms with van der Waals surface area (Å²) in [5.74, 6) is 2.15. The van der Waals surface area contributed by atoms with E-state index in [4.69, 9.17) is 14.2 Å². The number of aliphatic hydroxyl groups excluding tert-OH is 1. The molecule has 0 spiro atoms. The maximum absolute atomic E-state index is 11.8. The van der Waals surface area contributed by atoms with Crippen molar-refractivity contribution in [2.45, 2.75) is 51.1 Å². The molecule has 1 unspecified atom stereocenters. The Balaban J connectivity index is 0.00000323. The topological polar surface area (TPSA) is 90.2 Å². The molecule has 0 bridgehead atoms. The molecule has 40 heavy (non-hydrogen) atoms. The van der Waals surface area contributed by atoms with Gasteiger partial charge in [-0.1, -0.05) is 19.6 Å². The largest absolute Gasteiger partial charge is 0.497 e. The molecule has 0 aliphatic carbocycles. The third-order valence-electron chi connectivity index (χ3n) is 8.02. The summed E-state index contributed by atoms with van der Waals surface area (Å²) in [4.78, 5) is 2.77. The number of benzene rings is 3. The van der Waals surface area contributed by atoms with Crippen molar-refractivity contribution in [2.75, 3.05) is 27.0 Å². The molecule has 1 aromatic heterocycles. The first-order valence-electron chi connectivity index (χ1n) is 13.0. The fourth-order valence-corrected chi connectivity index (χ4v) is 6.62. The van der Waals surface area contributed by atoms with Crippen LogP contribution in [0.15, 0.2) is 59.5 Å². The van der Waals surface area contributed by atoms with E-state index in [9.17, 15) is 13.5 Å². The molecule has 0 amide bonds. The molecule has 4 aromatic rings. The van der Waals surface area contributed by atoms with Gasteiger partial charge in [-0.15, -0.1) is 0 Å². The Kier molecular flexibility index (Phi) is 7.56. The molecular formula is C31H36N2O6S. The number of aromatic nitrogens is 1. The zero-order valence-corrected chi connectivity index (χ0v) is 23.1. The van der Waals surface area contributed by atoms with Crippen LogP contribution in [0.2, 0.25) is 0 Å². The molecule has 1 N–H and O–H groups in total. The lowest BCUT2D eigenvalue weighted by Gasteiger charge is -2.41. The van der Waals surface area contributed by atoms with Gasteiger partial charge >= 0.3 is 0 Å². The van der Waals surface area contributed by atoms with E-state index in [0.29, 0.717) is 18.1 Å². The van der Waals surface area contributed by atoms with Crippen LogP contribution in [0.5, 0.6) is 17.2 Å². The summed E-state index contributed by atoms with van der Waals surface area (Å²) in [6.45, 7) is 1.91. The number of methoxy groups -OCH3 is 2. The summed E-state index contributed by atoms with van der Waals surface area (Å²) in [6, 6.07) is 17.2. The summed E-state index contributed by atoms with van der Waals surface area (Å²) in [6.07, 6.45) is 2.92. The highest BCUT2D eigenvalue weighted by molar-refractivity contribution is 7.90. The highest BCUT2D eigenvalue weighted by Crippen LogP contribution is 2.45. The molecule has 8 nitrogen and oxygen atoms in total. The van der Waals surface area contributed by atoms with E-state index in [1.54, 1.807) is 38.5 Å². The molecular weight excluding hydrogens is 528 g/mol. The summed E-state index contributed by atoms with van der Waals surface area (Å²) in [5.41, 5.74) is 6.77. The number of nitrogens with zero attached hydrogens (tertiary/aromatic N) is 2. The van der Waals surface area contributed by atoms with Crippen LogP contribution in [0.25, 0.3) is 10.9 Å². The minimum atomic E-state index is -3.25. The zero-order chi connectivity index (χ0) is 27.3. The second-order valence-corrected chi connectivity index (χ2v) is 12.2. The number of hydrogen-bond donors (Lipinski definition) is 1. The number of hydrogen-bond acceptors (Lipinski definition) is 7. The van der Waals surface area contributed by atoms with Crippen molar-refractivity contribution in [3.63, 3.8) is 0 Å². The number of sulfone groups is 1. The van der Waals surface area contributed by atoms with Gasteiger partial charge in [-0.25, -0.2) is 8.42 Å². The quantitative estimate of drug-likeness (QED) is 0.342. The van der Waals surface area contributed by atoms with Gasteiger partial charge in [-0.3, -0.25) is 4.90 Å². The van der Waals surface area contributed by atoms with Crippen molar-refractivity contribution in [1.29, 1.82) is 0 Å². The molecule has 2 aliphatic heterocycles. The predicted molar refractivity (Wildman–Crippen MR) is 155 cm³/mol. The molecule has 1 atom stereocenters. The molecule has 2 aliphatic rings. The Morgan fingerprint density at radius 1 is 1.00 bits per heavy atom. The van der Waals surface area contributed by atoms with Gasteiger partial charge in [0.15, 0.2) is 21.3 Å². The van der Waals surface area contributed by atoms with Gasteiger partial charge < -0.3 is 23.9 Å². The maximum atomic E-state index is 11.8. The molecule has 0 saturated heterocycles. The monoisotopic (exact) mass is 564 g/mol. The Morgan fingerprint density at radius 3 is 2.45 bits per heavy atom. The SMILES string of the molecule is C.COc1ccc2c(c1)c1c(n2CO)CN2CCc3cc(OC)c(OCc4ccc(S(C)(=O)=O)cc4)cc3C2C1. The molecule has 0 radical (unpaired) electrons. The average molecular weight is 565 g/mol. The lowest BCUT2D eigenvalue weighted by atomic mass is 9.85. The Hall–Kier alpha value is -3.53. The molecule has 0 saturated carbocycles. The first-order chi connectivity index (χ1) is 18.8. The van der Waals surface area contributed by atoms with Crippen LogP contribution in [0, 0.1) is 0 Å². The number of fused-ring (bicyclic) bond motifs is 6. The van der Waals surface area contributed by atoms with Crippen LogP contribution < -0.4 is 14.2 Å². The second-order valence-electron chi connectivity index (χ2n) is 10.2. The number of ether oxygens (including phenoxy) is 3. The first-order valence-corrected chi connectivity index (χ1v) is 14.9. The smallest absolute Gasteiger partial charge is 0.175 e. The highest BCUT2D eigenvalue weighted by atomic mass is 32.2. The van der Waals surface area contributed by atoms with Gasteiger partial charge in [0.1, 0.15) is 19.1 Å². The van der Waals surface area contributed by atoms with Crippen LogP contribution in [-0.2, 0) is 42.6 Å². The van der Waals surface area contributed by atoms with Crippen molar-refractivity contribution in [3.8, 4) is 17.2 Å². The minimum absolute atomic E-state index is 0. The normalized spacial score (nSPS) is 16.4. The van der Waals surface area contributed by atoms with E-state index in [0.717, 1.165) is 53.8 Å². The third-order valence-corrected chi connectivity index (χ3v) is 9.15. The lowest BCUT2D eigenvalue weighted by Crippen LogP contribution is -2.39. The third kappa shape index (κ3) is 4.82. The predicted octanol–water partition coefficient (Wildman–Crippen LogP) is 4.88. The van der Waals surface area contributed by atoms with E-state index < -0.39 is 9.84 Å². The van der Waals surface area contributed by atoms with Crippen molar-refractivity contribution >= 4 is 20.7 Å². The molecule has 212 valence electrons. The number of rotatable bonds is 7. The number of aliphatic hydroxyl groups is 1. The van der Waals surface area contributed by atoms with Crippen LogP contribution >= 0.6 is 0 Å². The summed E-state index contributed by atoms with van der Waals surface area (Å²) >= 11 is 0. The van der Waals surface area contributed by atoms with E-state index in [1.807, 2.05) is 16.7 Å². The van der Waals surface area contributed by atoms with Gasteiger partial charge in [-0.05, 0) is 77.6 Å². The average Bonchev–Trinajstić information content (AvgIpc) is 3.25. The van der Waals surface area contributed by atoms with Crippen LogP contribution in [0.4, 0.5) is 0 Å². The fraction of sp³-hybridized carbons (Fsp3) is 0.355. The van der Waals surface area contributed by atoms with Gasteiger partial charge in [0.05, 0.1) is 24.6 Å². The van der Waals surface area contributed by atoms with E-state index in [1.165, 1.54) is 22.9 Å². The molecule has 6 rings (SSSR count). The van der Waals surface area contributed by atoms with Crippen LogP contribution in [-0.4, -0.2) is 50.0 Å². The standard InChI is InChI=1S/C30H32N2O6S.CH4/c1-36-21-6-9-26-24(13-21)25-14-27-23-15-30(38-17-19-4-7-22(8-5-19)39(3,34)35)29(37-2)12-20(23)10-11-31(27)16-28(25)32(26)18-33;/h4-9,12-13,15,27,33H,10-11,14,16-18H2,1-3H3;1H4.